The van der Waals surface area contributed by atoms with Gasteiger partial charge in [0.1, 0.15) is 0 Å². The van der Waals surface area contributed by atoms with Crippen LogP contribution >= 0.6 is 0 Å². The smallest absolute Gasteiger partial charge is 0.241 e. The molecule has 1 aromatic heterocycles. The minimum atomic E-state index is -0.495. The maximum Gasteiger partial charge on any atom is 0.241 e. The summed E-state index contributed by atoms with van der Waals surface area (Å²) in [5.41, 5.74) is 7.51. The van der Waals surface area contributed by atoms with E-state index in [0.29, 0.717) is 12.3 Å². The first kappa shape index (κ1) is 14.3. The summed E-state index contributed by atoms with van der Waals surface area (Å²) in [5, 5.41) is 2.89. The molecule has 0 aliphatic heterocycles. The van der Waals surface area contributed by atoms with Crippen LogP contribution in [0.25, 0.3) is 5.69 Å². The van der Waals surface area contributed by atoms with E-state index < -0.39 is 6.04 Å². The van der Waals surface area contributed by atoms with Crippen LogP contribution in [-0.4, -0.2) is 21.5 Å². The van der Waals surface area contributed by atoms with Crippen molar-refractivity contribution in [3.05, 3.63) is 43.0 Å². The Morgan fingerprint density at radius 2 is 2.15 bits per heavy atom. The number of carbonyl (C=O) groups is 1. The van der Waals surface area contributed by atoms with Crippen LogP contribution in [0.15, 0.2) is 43.0 Å². The highest BCUT2D eigenvalue weighted by atomic mass is 16.2. The van der Waals surface area contributed by atoms with Crippen LogP contribution in [0.1, 0.15) is 20.3 Å². The first-order chi connectivity index (χ1) is 9.58. The molecule has 2 rings (SSSR count). The van der Waals surface area contributed by atoms with Crippen LogP contribution < -0.4 is 11.1 Å². The first-order valence-electron chi connectivity index (χ1n) is 6.71. The van der Waals surface area contributed by atoms with Crippen LogP contribution in [0.3, 0.4) is 0 Å². The van der Waals surface area contributed by atoms with Gasteiger partial charge in [-0.1, -0.05) is 26.0 Å². The molecule has 0 radical (unpaired) electrons. The van der Waals surface area contributed by atoms with Gasteiger partial charge in [0.2, 0.25) is 5.91 Å². The fourth-order valence-corrected chi connectivity index (χ4v) is 2.05. The van der Waals surface area contributed by atoms with Crippen molar-refractivity contribution in [2.24, 2.45) is 11.7 Å². The number of amides is 1. The zero-order chi connectivity index (χ0) is 14.5. The van der Waals surface area contributed by atoms with Crippen LogP contribution in [-0.2, 0) is 4.79 Å². The summed E-state index contributed by atoms with van der Waals surface area (Å²) in [4.78, 5) is 16.1. The lowest BCUT2D eigenvalue weighted by Crippen LogP contribution is -2.36. The Morgan fingerprint density at radius 1 is 1.40 bits per heavy atom. The average molecular weight is 272 g/mol. The topological polar surface area (TPSA) is 72.9 Å². The quantitative estimate of drug-likeness (QED) is 0.876. The number of nitrogens with two attached hydrogens (primary N) is 1. The van der Waals surface area contributed by atoms with Gasteiger partial charge in [0.25, 0.3) is 0 Å². The fourth-order valence-electron chi connectivity index (χ4n) is 2.05. The van der Waals surface area contributed by atoms with Crippen molar-refractivity contribution in [2.45, 2.75) is 26.3 Å². The zero-order valence-corrected chi connectivity index (χ0v) is 11.8. The second-order valence-electron chi connectivity index (χ2n) is 5.21. The third-order valence-corrected chi connectivity index (χ3v) is 3.01. The Bertz CT molecular complexity index is 563. The zero-order valence-electron chi connectivity index (χ0n) is 11.8. The van der Waals surface area contributed by atoms with Crippen LogP contribution in [0.4, 0.5) is 5.69 Å². The highest BCUT2D eigenvalue weighted by Gasteiger charge is 2.16. The van der Waals surface area contributed by atoms with Crippen molar-refractivity contribution in [2.75, 3.05) is 5.32 Å². The Balaban J connectivity index is 2.16. The molecule has 0 saturated carbocycles. The third kappa shape index (κ3) is 3.45. The summed E-state index contributed by atoms with van der Waals surface area (Å²) in [6.45, 7) is 4.10. The Kier molecular flexibility index (Phi) is 4.53. The van der Waals surface area contributed by atoms with Gasteiger partial charge in [0.05, 0.1) is 23.7 Å². The van der Waals surface area contributed by atoms with Gasteiger partial charge in [-0.15, -0.1) is 0 Å². The fraction of sp³-hybridized carbons (Fsp3) is 0.333. The summed E-state index contributed by atoms with van der Waals surface area (Å²) < 4.78 is 1.85. The SMILES string of the molecule is CC(C)C[C@@H](N)C(=O)Nc1ccccc1-n1ccnc1. The normalized spacial score (nSPS) is 12.4. The Labute approximate surface area is 118 Å². The number of nitrogens with one attached hydrogen (secondary N) is 1. The largest absolute Gasteiger partial charge is 0.323 e. The van der Waals surface area contributed by atoms with E-state index in [0.717, 1.165) is 11.4 Å². The Morgan fingerprint density at radius 3 is 2.80 bits per heavy atom. The highest BCUT2D eigenvalue weighted by molar-refractivity contribution is 5.96. The maximum absolute atomic E-state index is 12.1. The molecule has 0 bridgehead atoms. The number of carbonyl (C=O) groups excluding carboxylic acids is 1. The number of hydrogen-bond acceptors (Lipinski definition) is 3. The van der Waals surface area contributed by atoms with Crippen LogP contribution in [0, 0.1) is 5.92 Å². The molecule has 5 heteroatoms. The summed E-state index contributed by atoms with van der Waals surface area (Å²) in [5.74, 6) is 0.228. The van der Waals surface area contributed by atoms with Crippen molar-refractivity contribution in [3.8, 4) is 5.69 Å². The molecule has 106 valence electrons. The number of para-hydroxylation sites is 2. The molecule has 3 N–H and O–H groups in total. The molecular weight excluding hydrogens is 252 g/mol. The number of nitrogens with zero attached hydrogens (tertiary/aromatic N) is 2. The molecule has 0 aliphatic carbocycles. The molecule has 0 unspecified atom stereocenters. The van der Waals surface area contributed by atoms with Gasteiger partial charge in [0.15, 0.2) is 0 Å². The molecule has 1 atom stereocenters. The number of anilines is 1. The first-order valence-corrected chi connectivity index (χ1v) is 6.71. The standard InChI is InChI=1S/C15H20N4O/c1-11(2)9-12(16)15(20)18-13-5-3-4-6-14(13)19-8-7-17-10-19/h3-8,10-12H,9,16H2,1-2H3,(H,18,20)/t12-/m1/s1. The summed E-state index contributed by atoms with van der Waals surface area (Å²) in [7, 11) is 0. The predicted octanol–water partition coefficient (Wildman–Crippen LogP) is 2.18. The minimum absolute atomic E-state index is 0.161. The van der Waals surface area contributed by atoms with Crippen molar-refractivity contribution in [1.82, 2.24) is 9.55 Å². The van der Waals surface area contributed by atoms with E-state index in [9.17, 15) is 4.79 Å². The van der Waals surface area contributed by atoms with Gasteiger partial charge in [-0.05, 0) is 24.5 Å². The van der Waals surface area contributed by atoms with Crippen LogP contribution in [0.2, 0.25) is 0 Å². The lowest BCUT2D eigenvalue weighted by atomic mass is 10.0. The van der Waals surface area contributed by atoms with Gasteiger partial charge in [-0.2, -0.15) is 0 Å². The molecule has 2 aromatic rings. The molecule has 1 aromatic carbocycles. The average Bonchev–Trinajstić information content (AvgIpc) is 2.92. The number of rotatable bonds is 5. The van der Waals surface area contributed by atoms with Gasteiger partial charge in [0, 0.05) is 12.4 Å². The summed E-state index contributed by atoms with van der Waals surface area (Å²) >= 11 is 0. The lowest BCUT2D eigenvalue weighted by Gasteiger charge is -2.16. The van der Waals surface area contributed by atoms with E-state index in [-0.39, 0.29) is 5.91 Å². The van der Waals surface area contributed by atoms with E-state index in [4.69, 9.17) is 5.73 Å². The second-order valence-corrected chi connectivity index (χ2v) is 5.21. The molecule has 20 heavy (non-hydrogen) atoms. The molecule has 1 heterocycles. The number of aromatic nitrogens is 2. The van der Waals surface area contributed by atoms with Gasteiger partial charge in [-0.25, -0.2) is 4.98 Å². The number of benzene rings is 1. The predicted molar refractivity (Wildman–Crippen MR) is 79.6 cm³/mol. The molecule has 1 amide bonds. The second kappa shape index (κ2) is 6.34. The molecular formula is C15H20N4O. The van der Waals surface area contributed by atoms with Crippen molar-refractivity contribution >= 4 is 11.6 Å². The molecule has 0 fully saturated rings. The van der Waals surface area contributed by atoms with E-state index in [2.05, 4.69) is 10.3 Å². The third-order valence-electron chi connectivity index (χ3n) is 3.01. The Hall–Kier alpha value is -2.14. The van der Waals surface area contributed by atoms with Gasteiger partial charge >= 0.3 is 0 Å². The summed E-state index contributed by atoms with van der Waals surface area (Å²) in [6, 6.07) is 7.08. The van der Waals surface area contributed by atoms with Gasteiger partial charge in [-0.3, -0.25) is 4.79 Å². The highest BCUT2D eigenvalue weighted by Crippen LogP contribution is 2.20. The van der Waals surface area contributed by atoms with Crippen molar-refractivity contribution in [3.63, 3.8) is 0 Å². The van der Waals surface area contributed by atoms with Crippen LogP contribution in [0.5, 0.6) is 0 Å². The molecule has 5 nitrogen and oxygen atoms in total. The molecule has 0 spiro atoms. The van der Waals surface area contributed by atoms with E-state index in [1.807, 2.05) is 48.9 Å². The molecule has 0 saturated heterocycles. The summed E-state index contributed by atoms with van der Waals surface area (Å²) in [6.07, 6.45) is 5.89. The van der Waals surface area contributed by atoms with E-state index in [1.165, 1.54) is 0 Å². The number of imidazole rings is 1. The molecule has 0 aliphatic rings. The van der Waals surface area contributed by atoms with Crippen molar-refractivity contribution in [1.29, 1.82) is 0 Å². The van der Waals surface area contributed by atoms with Gasteiger partial charge < -0.3 is 15.6 Å². The monoisotopic (exact) mass is 272 g/mol. The van der Waals surface area contributed by atoms with Crippen molar-refractivity contribution < 1.29 is 4.79 Å². The minimum Gasteiger partial charge on any atom is -0.323 e. The number of hydrogen-bond donors (Lipinski definition) is 2. The lowest BCUT2D eigenvalue weighted by molar-refractivity contribution is -0.117. The van der Waals surface area contributed by atoms with E-state index in [1.54, 1.807) is 12.5 Å². The van der Waals surface area contributed by atoms with E-state index >= 15 is 0 Å². The maximum atomic E-state index is 12.1.